The number of aromatic nitrogens is 2. The fourth-order valence-electron chi connectivity index (χ4n) is 1.38. The topological polar surface area (TPSA) is 75.1 Å². The number of nitrogens with one attached hydrogen (secondary N) is 1. The van der Waals surface area contributed by atoms with Crippen LogP contribution in [0.5, 0.6) is 5.75 Å². The Morgan fingerprint density at radius 2 is 2.22 bits per heavy atom. The van der Waals surface area contributed by atoms with Gasteiger partial charge in [0.25, 0.3) is 5.91 Å². The first-order chi connectivity index (χ1) is 8.66. The highest BCUT2D eigenvalue weighted by molar-refractivity contribution is 5.96. The average molecular weight is 247 g/mol. The first kappa shape index (κ1) is 12.0. The molecule has 0 unspecified atom stereocenters. The maximum Gasteiger partial charge on any atom is 0.255 e. The molecule has 0 bridgehead atoms. The summed E-state index contributed by atoms with van der Waals surface area (Å²) >= 11 is 0. The summed E-state index contributed by atoms with van der Waals surface area (Å²) in [6.07, 6.45) is 2.91. The van der Waals surface area contributed by atoms with E-state index in [1.165, 1.54) is 6.33 Å². The zero-order valence-corrected chi connectivity index (χ0v) is 9.30. The van der Waals surface area contributed by atoms with Gasteiger partial charge >= 0.3 is 0 Å². The van der Waals surface area contributed by atoms with Crippen molar-refractivity contribution in [3.8, 4) is 5.75 Å². The lowest BCUT2D eigenvalue weighted by Gasteiger charge is -2.06. The predicted octanol–water partition coefficient (Wildman–Crippen LogP) is 1.25. The van der Waals surface area contributed by atoms with E-state index in [0.717, 1.165) is 18.2 Å². The van der Waals surface area contributed by atoms with Gasteiger partial charge in [-0.05, 0) is 24.3 Å². The lowest BCUT2D eigenvalue weighted by Crippen LogP contribution is -2.23. The van der Waals surface area contributed by atoms with E-state index in [1.54, 1.807) is 12.3 Å². The molecule has 0 radical (unpaired) electrons. The number of phenolic OH excluding ortho intramolecular Hbond substituents is 1. The van der Waals surface area contributed by atoms with Crippen molar-refractivity contribution in [1.82, 2.24) is 15.3 Å². The Hall–Kier alpha value is -2.50. The molecular weight excluding hydrogens is 237 g/mol. The molecule has 0 saturated heterocycles. The quantitative estimate of drug-likeness (QED) is 0.856. The van der Waals surface area contributed by atoms with Crippen molar-refractivity contribution in [3.63, 3.8) is 0 Å². The summed E-state index contributed by atoms with van der Waals surface area (Å²) < 4.78 is 13.0. The molecule has 2 N–H and O–H groups in total. The summed E-state index contributed by atoms with van der Waals surface area (Å²) in [7, 11) is 0. The van der Waals surface area contributed by atoms with Crippen molar-refractivity contribution in [1.29, 1.82) is 0 Å². The van der Waals surface area contributed by atoms with E-state index in [2.05, 4.69) is 15.3 Å². The van der Waals surface area contributed by atoms with E-state index >= 15 is 0 Å². The van der Waals surface area contributed by atoms with Crippen LogP contribution in [-0.2, 0) is 6.54 Å². The number of rotatable bonds is 3. The second-order valence-electron chi connectivity index (χ2n) is 3.54. The van der Waals surface area contributed by atoms with E-state index < -0.39 is 11.7 Å². The molecule has 0 aliphatic rings. The Morgan fingerprint density at radius 1 is 1.39 bits per heavy atom. The molecule has 0 spiro atoms. The van der Waals surface area contributed by atoms with Gasteiger partial charge in [0.15, 0.2) is 0 Å². The Bertz CT molecular complexity index is 561. The number of nitrogens with zero attached hydrogens (tertiary/aromatic N) is 2. The number of hydrogen-bond donors (Lipinski definition) is 2. The number of halogens is 1. The fourth-order valence-corrected chi connectivity index (χ4v) is 1.38. The fraction of sp³-hybridized carbons (Fsp3) is 0.0833. The van der Waals surface area contributed by atoms with Crippen molar-refractivity contribution in [3.05, 3.63) is 53.9 Å². The van der Waals surface area contributed by atoms with Gasteiger partial charge in [-0.25, -0.2) is 14.4 Å². The predicted molar refractivity (Wildman–Crippen MR) is 61.3 cm³/mol. The van der Waals surface area contributed by atoms with Gasteiger partial charge in [-0.15, -0.1) is 0 Å². The van der Waals surface area contributed by atoms with Crippen LogP contribution in [0, 0.1) is 5.82 Å². The van der Waals surface area contributed by atoms with Crippen LogP contribution >= 0.6 is 0 Å². The van der Waals surface area contributed by atoms with Gasteiger partial charge in [0, 0.05) is 6.20 Å². The van der Waals surface area contributed by atoms with E-state index in [9.17, 15) is 14.3 Å². The maximum atomic E-state index is 13.0. The molecule has 18 heavy (non-hydrogen) atoms. The van der Waals surface area contributed by atoms with Crippen LogP contribution in [-0.4, -0.2) is 21.0 Å². The standard InChI is InChI=1S/C12H10FN3O2/c13-8-1-2-11(17)10(5-8)12(18)15-6-9-3-4-14-7-16-9/h1-5,7,17H,6H2,(H,15,18). The first-order valence-corrected chi connectivity index (χ1v) is 5.18. The van der Waals surface area contributed by atoms with Crippen LogP contribution in [0.2, 0.25) is 0 Å². The van der Waals surface area contributed by atoms with E-state index in [4.69, 9.17) is 0 Å². The van der Waals surface area contributed by atoms with E-state index in [0.29, 0.717) is 5.69 Å². The maximum absolute atomic E-state index is 13.0. The molecule has 1 aromatic carbocycles. The number of hydrogen-bond acceptors (Lipinski definition) is 4. The van der Waals surface area contributed by atoms with Gasteiger partial charge < -0.3 is 10.4 Å². The molecular formula is C12H10FN3O2. The molecule has 0 aliphatic carbocycles. The minimum Gasteiger partial charge on any atom is -0.507 e. The second kappa shape index (κ2) is 5.22. The molecule has 0 atom stereocenters. The molecule has 92 valence electrons. The van der Waals surface area contributed by atoms with Gasteiger partial charge in [-0.1, -0.05) is 0 Å². The molecule has 1 aromatic heterocycles. The number of carbonyl (C=O) groups is 1. The Kier molecular flexibility index (Phi) is 3.47. The minimum absolute atomic E-state index is 0.107. The van der Waals surface area contributed by atoms with Crippen LogP contribution < -0.4 is 5.32 Å². The highest BCUT2D eigenvalue weighted by Gasteiger charge is 2.11. The van der Waals surface area contributed by atoms with Crippen molar-refractivity contribution >= 4 is 5.91 Å². The summed E-state index contributed by atoms with van der Waals surface area (Å²) in [5.41, 5.74) is 0.512. The third kappa shape index (κ3) is 2.79. The molecule has 0 fully saturated rings. The van der Waals surface area contributed by atoms with Gasteiger partial charge in [0.2, 0.25) is 0 Å². The van der Waals surface area contributed by atoms with E-state index in [1.807, 2.05) is 0 Å². The highest BCUT2D eigenvalue weighted by Crippen LogP contribution is 2.17. The molecule has 1 amide bonds. The van der Waals surface area contributed by atoms with Crippen LogP contribution in [0.15, 0.2) is 36.8 Å². The molecule has 6 heteroatoms. The third-order valence-corrected chi connectivity index (χ3v) is 2.28. The van der Waals surface area contributed by atoms with Crippen LogP contribution in [0.4, 0.5) is 4.39 Å². The largest absolute Gasteiger partial charge is 0.507 e. The number of amides is 1. The van der Waals surface area contributed by atoms with Gasteiger partial charge in [-0.3, -0.25) is 4.79 Å². The Balaban J connectivity index is 2.06. The lowest BCUT2D eigenvalue weighted by molar-refractivity contribution is 0.0947. The first-order valence-electron chi connectivity index (χ1n) is 5.18. The zero-order valence-electron chi connectivity index (χ0n) is 9.30. The lowest BCUT2D eigenvalue weighted by atomic mass is 10.2. The molecule has 5 nitrogen and oxygen atoms in total. The highest BCUT2D eigenvalue weighted by atomic mass is 19.1. The zero-order chi connectivity index (χ0) is 13.0. The van der Waals surface area contributed by atoms with Crippen molar-refractivity contribution in [2.45, 2.75) is 6.54 Å². The van der Waals surface area contributed by atoms with Crippen molar-refractivity contribution < 1.29 is 14.3 Å². The van der Waals surface area contributed by atoms with Crippen LogP contribution in [0.3, 0.4) is 0 Å². The van der Waals surface area contributed by atoms with E-state index in [-0.39, 0.29) is 17.9 Å². The van der Waals surface area contributed by atoms with Gasteiger partial charge in [0.05, 0.1) is 17.8 Å². The Labute approximate surface area is 102 Å². The summed E-state index contributed by atoms with van der Waals surface area (Å²) in [6.45, 7) is 0.178. The van der Waals surface area contributed by atoms with Crippen molar-refractivity contribution in [2.24, 2.45) is 0 Å². The number of benzene rings is 1. The molecule has 0 saturated carbocycles. The summed E-state index contributed by atoms with van der Waals surface area (Å²) in [6, 6.07) is 4.84. The molecule has 1 heterocycles. The normalized spacial score (nSPS) is 10.1. The van der Waals surface area contributed by atoms with Gasteiger partial charge in [-0.2, -0.15) is 0 Å². The number of aromatic hydroxyl groups is 1. The summed E-state index contributed by atoms with van der Waals surface area (Å²) in [5, 5.41) is 12.0. The summed E-state index contributed by atoms with van der Waals surface area (Å²) in [4.78, 5) is 19.4. The monoisotopic (exact) mass is 247 g/mol. The molecule has 2 rings (SSSR count). The minimum atomic E-state index is -0.583. The molecule has 2 aromatic rings. The van der Waals surface area contributed by atoms with Crippen molar-refractivity contribution in [2.75, 3.05) is 0 Å². The number of carbonyl (C=O) groups excluding carboxylic acids is 1. The smallest absolute Gasteiger partial charge is 0.255 e. The second-order valence-corrected chi connectivity index (χ2v) is 3.54. The third-order valence-electron chi connectivity index (χ3n) is 2.28. The number of phenols is 1. The van der Waals surface area contributed by atoms with Crippen LogP contribution in [0.25, 0.3) is 0 Å². The average Bonchev–Trinajstić information content (AvgIpc) is 2.40. The molecule has 0 aliphatic heterocycles. The SMILES string of the molecule is O=C(NCc1ccncn1)c1cc(F)ccc1O. The van der Waals surface area contributed by atoms with Gasteiger partial charge in [0.1, 0.15) is 17.9 Å². The summed E-state index contributed by atoms with van der Waals surface area (Å²) in [5.74, 6) is -1.41. The Morgan fingerprint density at radius 3 is 2.94 bits per heavy atom. The van der Waals surface area contributed by atoms with Crippen LogP contribution in [0.1, 0.15) is 16.1 Å².